The van der Waals surface area contributed by atoms with E-state index in [1.807, 2.05) is 0 Å². The zero-order valence-electron chi connectivity index (χ0n) is 10.2. The number of rotatable bonds is 1. The van der Waals surface area contributed by atoms with Crippen molar-refractivity contribution in [3.63, 3.8) is 0 Å². The lowest BCUT2D eigenvalue weighted by Crippen LogP contribution is -2.58. The fourth-order valence-electron chi connectivity index (χ4n) is 2.77. The van der Waals surface area contributed by atoms with Crippen LogP contribution < -0.4 is 0 Å². The van der Waals surface area contributed by atoms with E-state index in [1.54, 1.807) is 0 Å². The van der Waals surface area contributed by atoms with Crippen LogP contribution in [0.4, 0.5) is 0 Å². The largest absolute Gasteiger partial charge is 0.379 e. The average Bonchev–Trinajstić information content (AvgIpc) is 2.29. The van der Waals surface area contributed by atoms with Gasteiger partial charge in [-0.15, -0.1) is 0 Å². The molecule has 0 bridgehead atoms. The maximum Gasteiger partial charge on any atom is 0.114 e. The van der Waals surface area contributed by atoms with Crippen molar-refractivity contribution >= 4 is 0 Å². The predicted octanol–water partition coefficient (Wildman–Crippen LogP) is 1.17. The van der Waals surface area contributed by atoms with Gasteiger partial charge in [0.1, 0.15) is 5.54 Å². The van der Waals surface area contributed by atoms with E-state index in [9.17, 15) is 5.26 Å². The molecule has 0 aromatic carbocycles. The summed E-state index contributed by atoms with van der Waals surface area (Å²) in [7, 11) is 0. The van der Waals surface area contributed by atoms with Gasteiger partial charge in [-0.05, 0) is 13.8 Å². The molecule has 0 aromatic heterocycles. The van der Waals surface area contributed by atoms with Crippen molar-refractivity contribution in [2.75, 3.05) is 32.9 Å². The molecule has 2 heterocycles. The summed E-state index contributed by atoms with van der Waals surface area (Å²) in [6.07, 6.45) is 1.60. The van der Waals surface area contributed by atoms with Gasteiger partial charge in [0.05, 0.1) is 31.5 Å². The molecule has 2 saturated heterocycles. The normalized spacial score (nSPS) is 35.6. The predicted molar refractivity (Wildman–Crippen MR) is 60.0 cm³/mol. The third kappa shape index (κ3) is 2.22. The summed E-state index contributed by atoms with van der Waals surface area (Å²) in [5.74, 6) is 0. The Kier molecular flexibility index (Phi) is 3.20. The van der Waals surface area contributed by atoms with Gasteiger partial charge >= 0.3 is 0 Å². The molecule has 16 heavy (non-hydrogen) atoms. The molecule has 0 radical (unpaired) electrons. The Bertz CT molecular complexity index is 292. The number of hydrogen-bond acceptors (Lipinski definition) is 4. The number of morpholine rings is 1. The van der Waals surface area contributed by atoms with Crippen molar-refractivity contribution in [1.82, 2.24) is 4.90 Å². The minimum absolute atomic E-state index is 0.188. The number of ether oxygens (including phenoxy) is 2. The zero-order chi connectivity index (χ0) is 11.6. The molecule has 2 aliphatic rings. The minimum atomic E-state index is -0.342. The molecule has 4 heteroatoms. The van der Waals surface area contributed by atoms with Crippen LogP contribution in [0.1, 0.15) is 26.7 Å². The first-order valence-corrected chi connectivity index (χ1v) is 5.96. The molecule has 0 N–H and O–H groups in total. The van der Waals surface area contributed by atoms with E-state index in [0.717, 1.165) is 39.1 Å². The maximum absolute atomic E-state index is 9.54. The molecule has 4 nitrogen and oxygen atoms in total. The molecule has 1 atom stereocenters. The Morgan fingerprint density at radius 1 is 1.19 bits per heavy atom. The Morgan fingerprint density at radius 2 is 1.88 bits per heavy atom. The third-order valence-electron chi connectivity index (χ3n) is 3.55. The summed E-state index contributed by atoms with van der Waals surface area (Å²) in [5, 5.41) is 9.54. The SMILES string of the molecule is CC1(C)C[C@](C#N)(N2CCOCC2)CCO1. The van der Waals surface area contributed by atoms with Gasteiger partial charge < -0.3 is 9.47 Å². The fourth-order valence-corrected chi connectivity index (χ4v) is 2.77. The van der Waals surface area contributed by atoms with Crippen LogP contribution >= 0.6 is 0 Å². The summed E-state index contributed by atoms with van der Waals surface area (Å²) in [4.78, 5) is 2.28. The van der Waals surface area contributed by atoms with Crippen LogP contribution in [0.3, 0.4) is 0 Å². The molecule has 90 valence electrons. The first-order chi connectivity index (χ1) is 7.58. The topological polar surface area (TPSA) is 45.5 Å². The smallest absolute Gasteiger partial charge is 0.114 e. The molecule has 2 aliphatic heterocycles. The van der Waals surface area contributed by atoms with Crippen molar-refractivity contribution in [2.45, 2.75) is 37.8 Å². The maximum atomic E-state index is 9.54. The quantitative estimate of drug-likeness (QED) is 0.670. The first-order valence-electron chi connectivity index (χ1n) is 5.96. The van der Waals surface area contributed by atoms with Gasteiger partial charge in [0.2, 0.25) is 0 Å². The summed E-state index contributed by atoms with van der Waals surface area (Å²) < 4.78 is 11.1. The summed E-state index contributed by atoms with van der Waals surface area (Å²) >= 11 is 0. The highest BCUT2D eigenvalue weighted by atomic mass is 16.5. The lowest BCUT2D eigenvalue weighted by Gasteiger charge is -2.47. The Labute approximate surface area is 97.1 Å². The molecular formula is C12H20N2O2. The number of hydrogen-bond donors (Lipinski definition) is 0. The summed E-state index contributed by atoms with van der Waals surface area (Å²) in [5.41, 5.74) is -0.530. The lowest BCUT2D eigenvalue weighted by atomic mass is 9.80. The second-order valence-electron chi connectivity index (χ2n) is 5.28. The molecule has 0 aromatic rings. The van der Waals surface area contributed by atoms with Gasteiger partial charge in [0.15, 0.2) is 0 Å². The second kappa shape index (κ2) is 4.33. The first kappa shape index (κ1) is 11.8. The van der Waals surface area contributed by atoms with Crippen LogP contribution in [0, 0.1) is 11.3 Å². The summed E-state index contributed by atoms with van der Waals surface area (Å²) in [6, 6.07) is 2.53. The van der Waals surface area contributed by atoms with Gasteiger partial charge in [-0.3, -0.25) is 4.90 Å². The molecular weight excluding hydrogens is 204 g/mol. The van der Waals surface area contributed by atoms with Crippen molar-refractivity contribution < 1.29 is 9.47 Å². The Morgan fingerprint density at radius 3 is 2.44 bits per heavy atom. The van der Waals surface area contributed by atoms with Gasteiger partial charge in [0, 0.05) is 25.9 Å². The number of nitriles is 1. The van der Waals surface area contributed by atoms with Crippen LogP contribution in [0.15, 0.2) is 0 Å². The van der Waals surface area contributed by atoms with E-state index < -0.39 is 0 Å². The van der Waals surface area contributed by atoms with Crippen LogP contribution in [0.5, 0.6) is 0 Å². The molecule has 2 fully saturated rings. The molecule has 0 spiro atoms. The van der Waals surface area contributed by atoms with Crippen LogP contribution in [-0.4, -0.2) is 49.0 Å². The van der Waals surface area contributed by atoms with Gasteiger partial charge in [0.25, 0.3) is 0 Å². The van der Waals surface area contributed by atoms with E-state index in [2.05, 4.69) is 24.8 Å². The highest BCUT2D eigenvalue weighted by Crippen LogP contribution is 2.36. The number of nitrogens with zero attached hydrogens (tertiary/aromatic N) is 2. The average molecular weight is 224 g/mol. The Hall–Kier alpha value is -0.630. The van der Waals surface area contributed by atoms with Crippen LogP contribution in [0.2, 0.25) is 0 Å². The van der Waals surface area contributed by atoms with E-state index >= 15 is 0 Å². The van der Waals surface area contributed by atoms with Gasteiger partial charge in [-0.1, -0.05) is 0 Å². The second-order valence-corrected chi connectivity index (χ2v) is 5.28. The lowest BCUT2D eigenvalue weighted by molar-refractivity contribution is -0.117. The highest BCUT2D eigenvalue weighted by molar-refractivity contribution is 5.13. The van der Waals surface area contributed by atoms with Crippen molar-refractivity contribution in [2.24, 2.45) is 0 Å². The summed E-state index contributed by atoms with van der Waals surface area (Å²) in [6.45, 7) is 8.03. The monoisotopic (exact) mass is 224 g/mol. The van der Waals surface area contributed by atoms with E-state index in [1.165, 1.54) is 0 Å². The third-order valence-corrected chi connectivity index (χ3v) is 3.55. The van der Waals surface area contributed by atoms with Crippen molar-refractivity contribution in [3.8, 4) is 6.07 Å². The highest BCUT2D eigenvalue weighted by Gasteiger charge is 2.45. The van der Waals surface area contributed by atoms with Crippen molar-refractivity contribution in [1.29, 1.82) is 5.26 Å². The van der Waals surface area contributed by atoms with Gasteiger partial charge in [-0.25, -0.2) is 0 Å². The Balaban J connectivity index is 2.15. The van der Waals surface area contributed by atoms with E-state index in [0.29, 0.717) is 6.61 Å². The molecule has 0 aliphatic carbocycles. The van der Waals surface area contributed by atoms with Crippen LogP contribution in [0.25, 0.3) is 0 Å². The van der Waals surface area contributed by atoms with E-state index in [-0.39, 0.29) is 11.1 Å². The zero-order valence-corrected chi connectivity index (χ0v) is 10.2. The standard InChI is InChI=1S/C12H20N2O2/c1-11(2)9-12(10-13,3-6-16-11)14-4-7-15-8-5-14/h3-9H2,1-2H3/t12-/m1/s1. The molecule has 0 unspecified atom stereocenters. The van der Waals surface area contributed by atoms with Crippen LogP contribution in [-0.2, 0) is 9.47 Å². The molecule has 2 rings (SSSR count). The fraction of sp³-hybridized carbons (Fsp3) is 0.917. The van der Waals surface area contributed by atoms with E-state index in [4.69, 9.17) is 9.47 Å². The molecule has 0 saturated carbocycles. The van der Waals surface area contributed by atoms with Crippen molar-refractivity contribution in [3.05, 3.63) is 0 Å². The minimum Gasteiger partial charge on any atom is -0.379 e. The van der Waals surface area contributed by atoms with Gasteiger partial charge in [-0.2, -0.15) is 5.26 Å². The molecule has 0 amide bonds.